The predicted octanol–water partition coefficient (Wildman–Crippen LogP) is 5.18. The lowest BCUT2D eigenvalue weighted by Crippen LogP contribution is -2.51. The van der Waals surface area contributed by atoms with Gasteiger partial charge >= 0.3 is 0 Å². The van der Waals surface area contributed by atoms with Crippen LogP contribution in [-0.4, -0.2) is 44.3 Å². The number of nitrogens with zero attached hydrogens (tertiary/aromatic N) is 2. The van der Waals surface area contributed by atoms with E-state index >= 15 is 0 Å². The number of amides is 2. The minimum absolute atomic E-state index is 0.0575. The van der Waals surface area contributed by atoms with Crippen LogP contribution < -0.4 is 9.62 Å². The standard InChI is InChI=1S/C29H34ClN3O4S/c1-4-5-18-31-29(35)23(3)32(20-24-12-8-6-9-13-24)28(34)21-33(27-17-16-25(30)19-22(27)2)38(36,37)26-14-10-7-11-15-26/h6-17,19,23H,4-5,18,20-21H2,1-3H3,(H,31,35). The zero-order valence-electron chi connectivity index (χ0n) is 21.9. The molecule has 0 aliphatic heterocycles. The molecule has 0 aliphatic carbocycles. The number of hydrogen-bond donors (Lipinski definition) is 1. The first-order valence-electron chi connectivity index (χ1n) is 12.6. The van der Waals surface area contributed by atoms with Gasteiger partial charge in [-0.25, -0.2) is 8.42 Å². The third kappa shape index (κ3) is 7.36. The van der Waals surface area contributed by atoms with E-state index in [0.717, 1.165) is 22.7 Å². The number of aryl methyl sites for hydroxylation is 1. The summed E-state index contributed by atoms with van der Waals surface area (Å²) in [5.41, 5.74) is 1.77. The minimum Gasteiger partial charge on any atom is -0.354 e. The highest BCUT2D eigenvalue weighted by Crippen LogP contribution is 2.29. The number of benzene rings is 3. The van der Waals surface area contributed by atoms with Crippen LogP contribution in [-0.2, 0) is 26.2 Å². The fraction of sp³-hybridized carbons (Fsp3) is 0.310. The molecule has 38 heavy (non-hydrogen) atoms. The number of halogens is 1. The highest BCUT2D eigenvalue weighted by molar-refractivity contribution is 7.92. The highest BCUT2D eigenvalue weighted by atomic mass is 35.5. The number of anilines is 1. The summed E-state index contributed by atoms with van der Waals surface area (Å²) >= 11 is 6.14. The summed E-state index contributed by atoms with van der Waals surface area (Å²) in [5.74, 6) is -0.788. The largest absolute Gasteiger partial charge is 0.354 e. The molecule has 0 bridgehead atoms. The van der Waals surface area contributed by atoms with Gasteiger partial charge in [-0.1, -0.05) is 73.5 Å². The average Bonchev–Trinajstić information content (AvgIpc) is 2.91. The Balaban J connectivity index is 2.00. The summed E-state index contributed by atoms with van der Waals surface area (Å²) in [6.45, 7) is 5.60. The van der Waals surface area contributed by atoms with Gasteiger partial charge in [0, 0.05) is 18.1 Å². The third-order valence-corrected chi connectivity index (χ3v) is 8.24. The minimum atomic E-state index is -4.11. The fourth-order valence-corrected chi connectivity index (χ4v) is 5.76. The molecule has 1 atom stereocenters. The molecule has 0 fully saturated rings. The van der Waals surface area contributed by atoms with E-state index in [-0.39, 0.29) is 17.3 Å². The summed E-state index contributed by atoms with van der Waals surface area (Å²) in [5, 5.41) is 3.34. The molecule has 0 saturated carbocycles. The molecule has 202 valence electrons. The van der Waals surface area contributed by atoms with Crippen LogP contribution in [0, 0.1) is 6.92 Å². The normalized spacial score (nSPS) is 12.0. The lowest BCUT2D eigenvalue weighted by molar-refractivity contribution is -0.139. The van der Waals surface area contributed by atoms with Crippen LogP contribution in [0.3, 0.4) is 0 Å². The second-order valence-corrected chi connectivity index (χ2v) is 11.4. The molecule has 0 radical (unpaired) electrons. The number of hydrogen-bond acceptors (Lipinski definition) is 4. The Kier molecular flexibility index (Phi) is 10.3. The third-order valence-electron chi connectivity index (χ3n) is 6.23. The molecule has 0 aromatic heterocycles. The molecule has 0 saturated heterocycles. The topological polar surface area (TPSA) is 86.8 Å². The van der Waals surface area contributed by atoms with Gasteiger partial charge in [0.05, 0.1) is 10.6 Å². The van der Waals surface area contributed by atoms with Gasteiger partial charge in [-0.15, -0.1) is 0 Å². The van der Waals surface area contributed by atoms with Gasteiger partial charge in [-0.05, 0) is 61.7 Å². The lowest BCUT2D eigenvalue weighted by atomic mass is 10.1. The summed E-state index contributed by atoms with van der Waals surface area (Å²) in [7, 11) is -4.11. The van der Waals surface area contributed by atoms with Crippen molar-refractivity contribution < 1.29 is 18.0 Å². The van der Waals surface area contributed by atoms with Gasteiger partial charge in [0.15, 0.2) is 0 Å². The van der Waals surface area contributed by atoms with Crippen molar-refractivity contribution in [2.75, 3.05) is 17.4 Å². The van der Waals surface area contributed by atoms with E-state index in [1.807, 2.05) is 37.3 Å². The predicted molar refractivity (Wildman–Crippen MR) is 152 cm³/mol. The van der Waals surface area contributed by atoms with Crippen molar-refractivity contribution in [2.24, 2.45) is 0 Å². The second kappa shape index (κ2) is 13.4. The van der Waals surface area contributed by atoms with E-state index in [9.17, 15) is 18.0 Å². The van der Waals surface area contributed by atoms with Gasteiger partial charge in [0.1, 0.15) is 12.6 Å². The highest BCUT2D eigenvalue weighted by Gasteiger charge is 2.33. The van der Waals surface area contributed by atoms with E-state index < -0.39 is 28.5 Å². The molecule has 0 aliphatic rings. The van der Waals surface area contributed by atoms with Gasteiger partial charge in [-0.3, -0.25) is 13.9 Å². The number of rotatable bonds is 12. The summed E-state index contributed by atoms with van der Waals surface area (Å²) < 4.78 is 28.7. The van der Waals surface area contributed by atoms with Crippen LogP contribution in [0.1, 0.15) is 37.8 Å². The zero-order valence-corrected chi connectivity index (χ0v) is 23.5. The first-order chi connectivity index (χ1) is 18.1. The van der Waals surface area contributed by atoms with Crippen LogP contribution in [0.5, 0.6) is 0 Å². The van der Waals surface area contributed by atoms with Gasteiger partial charge in [0.2, 0.25) is 11.8 Å². The molecular weight excluding hydrogens is 522 g/mol. The van der Waals surface area contributed by atoms with Crippen LogP contribution in [0.25, 0.3) is 0 Å². The van der Waals surface area contributed by atoms with Crippen LogP contribution in [0.4, 0.5) is 5.69 Å². The van der Waals surface area contributed by atoms with E-state index in [1.165, 1.54) is 17.0 Å². The maximum absolute atomic E-state index is 13.9. The molecule has 0 spiro atoms. The van der Waals surface area contributed by atoms with Gasteiger partial charge < -0.3 is 10.2 Å². The maximum atomic E-state index is 13.9. The Labute approximate surface area is 230 Å². The first-order valence-corrected chi connectivity index (χ1v) is 14.4. The Hall–Kier alpha value is -3.36. The van der Waals surface area contributed by atoms with Crippen LogP contribution >= 0.6 is 11.6 Å². The second-order valence-electron chi connectivity index (χ2n) is 9.08. The Morgan fingerprint density at radius 1 is 0.974 bits per heavy atom. The van der Waals surface area contributed by atoms with Crippen molar-refractivity contribution in [1.82, 2.24) is 10.2 Å². The number of unbranched alkanes of at least 4 members (excludes halogenated alkanes) is 1. The smallest absolute Gasteiger partial charge is 0.264 e. The van der Waals surface area contributed by atoms with Gasteiger partial charge in [0.25, 0.3) is 10.0 Å². The number of sulfonamides is 1. The molecule has 1 N–H and O–H groups in total. The van der Waals surface area contributed by atoms with Crippen molar-refractivity contribution in [3.05, 3.63) is 95.0 Å². The van der Waals surface area contributed by atoms with Crippen molar-refractivity contribution in [3.63, 3.8) is 0 Å². The summed E-state index contributed by atoms with van der Waals surface area (Å²) in [4.78, 5) is 28.3. The van der Waals surface area contributed by atoms with E-state index in [4.69, 9.17) is 11.6 Å². The number of nitrogens with one attached hydrogen (secondary N) is 1. The molecular formula is C29H34ClN3O4S. The maximum Gasteiger partial charge on any atom is 0.264 e. The molecule has 9 heteroatoms. The van der Waals surface area contributed by atoms with Crippen molar-refractivity contribution in [1.29, 1.82) is 0 Å². The van der Waals surface area contributed by atoms with Crippen LogP contribution in [0.2, 0.25) is 5.02 Å². The Morgan fingerprint density at radius 3 is 2.21 bits per heavy atom. The summed E-state index contributed by atoms with van der Waals surface area (Å²) in [6, 6.07) is 21.3. The molecule has 1 unspecified atom stereocenters. The van der Waals surface area contributed by atoms with Gasteiger partial charge in [-0.2, -0.15) is 0 Å². The first kappa shape index (κ1) is 29.2. The molecule has 0 heterocycles. The van der Waals surface area contributed by atoms with E-state index in [2.05, 4.69) is 5.32 Å². The zero-order chi connectivity index (χ0) is 27.7. The van der Waals surface area contributed by atoms with Crippen LogP contribution in [0.15, 0.2) is 83.8 Å². The quantitative estimate of drug-likeness (QED) is 0.312. The van der Waals surface area contributed by atoms with E-state index in [1.54, 1.807) is 50.2 Å². The molecule has 3 aromatic carbocycles. The molecule has 3 aromatic rings. The van der Waals surface area contributed by atoms with Crippen molar-refractivity contribution in [2.45, 2.75) is 51.1 Å². The Bertz CT molecular complexity index is 1330. The van der Waals surface area contributed by atoms with Crippen molar-refractivity contribution >= 4 is 39.1 Å². The molecule has 2 amide bonds. The van der Waals surface area contributed by atoms with Crippen molar-refractivity contribution in [3.8, 4) is 0 Å². The summed E-state index contributed by atoms with van der Waals surface area (Å²) in [6.07, 6.45) is 1.75. The molecule has 7 nitrogen and oxygen atoms in total. The molecule has 3 rings (SSSR count). The number of carbonyl (C=O) groups excluding carboxylic acids is 2. The number of carbonyl (C=O) groups is 2. The monoisotopic (exact) mass is 555 g/mol. The SMILES string of the molecule is CCCCNC(=O)C(C)N(Cc1ccccc1)C(=O)CN(c1ccc(Cl)cc1C)S(=O)(=O)c1ccccc1. The lowest BCUT2D eigenvalue weighted by Gasteiger charge is -2.32. The fourth-order valence-electron chi connectivity index (χ4n) is 4.03. The van der Waals surface area contributed by atoms with E-state index in [0.29, 0.717) is 22.8 Å². The Morgan fingerprint density at radius 2 is 1.61 bits per heavy atom. The average molecular weight is 556 g/mol.